The quantitative estimate of drug-likeness (QED) is 0.829. The van der Waals surface area contributed by atoms with Crippen LogP contribution in [0.3, 0.4) is 0 Å². The summed E-state index contributed by atoms with van der Waals surface area (Å²) in [6, 6.07) is 7.31. The summed E-state index contributed by atoms with van der Waals surface area (Å²) in [6.45, 7) is 6.85. The molecule has 0 aromatic heterocycles. The highest BCUT2D eigenvalue weighted by Crippen LogP contribution is 2.53. The van der Waals surface area contributed by atoms with Gasteiger partial charge in [0.1, 0.15) is 5.82 Å². The fourth-order valence-corrected chi connectivity index (χ4v) is 4.65. The Balaban J connectivity index is 1.82. The minimum atomic E-state index is -0.0934. The molecule has 1 heterocycles. The number of nitrogens with one attached hydrogen (secondary N) is 1. The van der Waals surface area contributed by atoms with Crippen LogP contribution in [0.4, 0.5) is 4.39 Å². The first kappa shape index (κ1) is 15.0. The number of hydrogen-bond acceptors (Lipinski definition) is 1. The van der Waals surface area contributed by atoms with E-state index >= 15 is 0 Å². The summed E-state index contributed by atoms with van der Waals surface area (Å²) in [5, 5.41) is 3.54. The van der Waals surface area contributed by atoms with Crippen molar-refractivity contribution < 1.29 is 4.39 Å². The van der Waals surface area contributed by atoms with Crippen molar-refractivity contribution in [3.63, 3.8) is 0 Å². The van der Waals surface area contributed by atoms with Crippen LogP contribution in [0.5, 0.6) is 0 Å². The molecule has 0 amide bonds. The monoisotopic (exact) mass is 289 g/mol. The minimum absolute atomic E-state index is 0.0934. The fraction of sp³-hybridized carbons (Fsp3) is 0.684. The molecule has 1 nitrogen and oxygen atoms in total. The molecule has 0 radical (unpaired) electrons. The van der Waals surface area contributed by atoms with E-state index in [2.05, 4.69) is 25.2 Å². The lowest BCUT2D eigenvalue weighted by atomic mass is 9.58. The molecule has 3 rings (SSSR count). The molecule has 116 valence electrons. The summed E-state index contributed by atoms with van der Waals surface area (Å²) in [5.41, 5.74) is 1.61. The molecule has 1 aliphatic carbocycles. The molecule has 1 spiro atoms. The summed E-state index contributed by atoms with van der Waals surface area (Å²) in [4.78, 5) is 0. The summed E-state index contributed by atoms with van der Waals surface area (Å²) in [7, 11) is 0. The summed E-state index contributed by atoms with van der Waals surface area (Å²) < 4.78 is 13.6. The second-order valence-corrected chi connectivity index (χ2v) is 7.51. The van der Waals surface area contributed by atoms with Gasteiger partial charge in [0.05, 0.1) is 0 Å². The lowest BCUT2D eigenvalue weighted by Crippen LogP contribution is -2.46. The van der Waals surface area contributed by atoms with Gasteiger partial charge in [-0.25, -0.2) is 4.39 Å². The molecule has 1 N–H and O–H groups in total. The van der Waals surface area contributed by atoms with Crippen molar-refractivity contribution in [1.29, 1.82) is 0 Å². The van der Waals surface area contributed by atoms with Gasteiger partial charge in [-0.3, -0.25) is 0 Å². The van der Waals surface area contributed by atoms with Crippen LogP contribution in [0.15, 0.2) is 24.3 Å². The van der Waals surface area contributed by atoms with Crippen LogP contribution in [0.2, 0.25) is 0 Å². The highest BCUT2D eigenvalue weighted by Gasteiger charge is 2.44. The van der Waals surface area contributed by atoms with Crippen molar-refractivity contribution in [3.8, 4) is 0 Å². The van der Waals surface area contributed by atoms with E-state index < -0.39 is 0 Å². The van der Waals surface area contributed by atoms with Gasteiger partial charge in [-0.1, -0.05) is 26.0 Å². The van der Waals surface area contributed by atoms with Crippen molar-refractivity contribution in [2.75, 3.05) is 13.1 Å². The van der Waals surface area contributed by atoms with Gasteiger partial charge in [0.25, 0.3) is 0 Å². The van der Waals surface area contributed by atoms with Crippen LogP contribution in [0.1, 0.15) is 57.4 Å². The Hall–Kier alpha value is -0.890. The first-order valence-electron chi connectivity index (χ1n) is 8.57. The van der Waals surface area contributed by atoms with Gasteiger partial charge in [0.2, 0.25) is 0 Å². The molecular formula is C19H28FN. The van der Waals surface area contributed by atoms with Crippen molar-refractivity contribution >= 4 is 0 Å². The predicted octanol–water partition coefficient (Wildman–Crippen LogP) is 4.74. The molecule has 1 atom stereocenters. The third-order valence-corrected chi connectivity index (χ3v) is 6.11. The van der Waals surface area contributed by atoms with Crippen LogP contribution < -0.4 is 5.32 Å². The molecule has 1 aromatic carbocycles. The maximum atomic E-state index is 13.6. The zero-order valence-electron chi connectivity index (χ0n) is 13.4. The van der Waals surface area contributed by atoms with E-state index in [4.69, 9.17) is 0 Å². The maximum Gasteiger partial charge on any atom is 0.123 e. The fourth-order valence-electron chi connectivity index (χ4n) is 4.65. The molecule has 1 aliphatic heterocycles. The molecule has 2 aliphatic rings. The van der Waals surface area contributed by atoms with Gasteiger partial charge in [-0.05, 0) is 73.6 Å². The first-order valence-corrected chi connectivity index (χ1v) is 8.57. The van der Waals surface area contributed by atoms with E-state index in [0.29, 0.717) is 11.3 Å². The zero-order chi connectivity index (χ0) is 14.9. The third kappa shape index (κ3) is 3.01. The number of benzene rings is 1. The molecule has 21 heavy (non-hydrogen) atoms. The number of piperidine rings is 1. The Kier molecular flexibility index (Phi) is 4.35. The normalized spacial score (nSPS) is 33.5. The Labute approximate surface area is 128 Å². The largest absolute Gasteiger partial charge is 0.316 e. The van der Waals surface area contributed by atoms with Crippen LogP contribution in [0, 0.1) is 23.1 Å². The van der Waals surface area contributed by atoms with E-state index in [1.54, 1.807) is 12.1 Å². The standard InChI is InChI=1S/C19H28FN/c1-14(2)15-6-8-19(9-7-15)10-11-21-13-18(19)16-4-3-5-17(20)12-16/h3-5,12,14-15,18,21H,6-11,13H2,1-2H3. The van der Waals surface area contributed by atoms with Crippen molar-refractivity contribution in [2.24, 2.45) is 17.3 Å². The van der Waals surface area contributed by atoms with Crippen LogP contribution in [-0.2, 0) is 0 Å². The maximum absolute atomic E-state index is 13.6. The lowest BCUT2D eigenvalue weighted by molar-refractivity contribution is 0.0669. The Morgan fingerprint density at radius 2 is 1.95 bits per heavy atom. The van der Waals surface area contributed by atoms with Crippen LogP contribution in [0.25, 0.3) is 0 Å². The lowest BCUT2D eigenvalue weighted by Gasteiger charge is -2.49. The smallest absolute Gasteiger partial charge is 0.123 e. The van der Waals surface area contributed by atoms with Gasteiger partial charge in [0.15, 0.2) is 0 Å². The van der Waals surface area contributed by atoms with E-state index in [0.717, 1.165) is 24.9 Å². The number of hydrogen-bond donors (Lipinski definition) is 1. The predicted molar refractivity (Wildman–Crippen MR) is 85.9 cm³/mol. The van der Waals surface area contributed by atoms with Gasteiger partial charge >= 0.3 is 0 Å². The third-order valence-electron chi connectivity index (χ3n) is 6.11. The minimum Gasteiger partial charge on any atom is -0.316 e. The molecule has 2 heteroatoms. The zero-order valence-corrected chi connectivity index (χ0v) is 13.4. The van der Waals surface area contributed by atoms with Crippen molar-refractivity contribution in [3.05, 3.63) is 35.6 Å². The summed E-state index contributed by atoms with van der Waals surface area (Å²) >= 11 is 0. The molecule has 2 fully saturated rings. The van der Waals surface area contributed by atoms with E-state index in [1.165, 1.54) is 37.7 Å². The molecule has 1 aromatic rings. The van der Waals surface area contributed by atoms with Crippen LogP contribution >= 0.6 is 0 Å². The first-order chi connectivity index (χ1) is 10.1. The average molecular weight is 289 g/mol. The van der Waals surface area contributed by atoms with E-state index in [1.807, 2.05) is 6.07 Å². The van der Waals surface area contributed by atoms with Crippen LogP contribution in [-0.4, -0.2) is 13.1 Å². The van der Waals surface area contributed by atoms with E-state index in [-0.39, 0.29) is 5.82 Å². The molecule has 1 saturated carbocycles. The van der Waals surface area contributed by atoms with Gasteiger partial charge in [-0.2, -0.15) is 0 Å². The van der Waals surface area contributed by atoms with Gasteiger partial charge < -0.3 is 5.32 Å². The molecule has 1 unspecified atom stereocenters. The molecule has 1 saturated heterocycles. The van der Waals surface area contributed by atoms with Gasteiger partial charge in [-0.15, -0.1) is 0 Å². The summed E-state index contributed by atoms with van der Waals surface area (Å²) in [6.07, 6.45) is 6.59. The highest BCUT2D eigenvalue weighted by molar-refractivity contribution is 5.25. The average Bonchev–Trinajstić information content (AvgIpc) is 2.48. The SMILES string of the molecule is CC(C)C1CCC2(CCNCC2c2cccc(F)c2)CC1. The van der Waals surface area contributed by atoms with Crippen molar-refractivity contribution in [1.82, 2.24) is 5.32 Å². The Bertz CT molecular complexity index is 474. The summed E-state index contributed by atoms with van der Waals surface area (Å²) in [5.74, 6) is 2.08. The topological polar surface area (TPSA) is 12.0 Å². The highest BCUT2D eigenvalue weighted by atomic mass is 19.1. The number of rotatable bonds is 2. The van der Waals surface area contributed by atoms with E-state index in [9.17, 15) is 4.39 Å². The second-order valence-electron chi connectivity index (χ2n) is 7.51. The molecular weight excluding hydrogens is 261 g/mol. The second kappa shape index (κ2) is 6.08. The number of halogens is 1. The Morgan fingerprint density at radius 3 is 2.62 bits per heavy atom. The molecule has 0 bridgehead atoms. The van der Waals surface area contributed by atoms with Gasteiger partial charge in [0, 0.05) is 12.5 Å². The van der Waals surface area contributed by atoms with Crippen molar-refractivity contribution in [2.45, 2.75) is 51.9 Å². The Morgan fingerprint density at radius 1 is 1.19 bits per heavy atom.